The molecule has 0 aliphatic carbocycles. The molecule has 0 spiro atoms. The largest absolute Gasteiger partial charge is 0.492 e. The van der Waals surface area contributed by atoms with E-state index in [2.05, 4.69) is 4.90 Å². The van der Waals surface area contributed by atoms with Crippen LogP contribution in [-0.2, 0) is 0 Å². The number of rotatable bonds is 5. The lowest BCUT2D eigenvalue weighted by Gasteiger charge is -2.34. The van der Waals surface area contributed by atoms with E-state index in [4.69, 9.17) is 9.15 Å². The van der Waals surface area contributed by atoms with Crippen LogP contribution in [0.3, 0.4) is 0 Å². The van der Waals surface area contributed by atoms with Crippen molar-refractivity contribution in [3.63, 3.8) is 0 Å². The van der Waals surface area contributed by atoms with E-state index in [9.17, 15) is 9.59 Å². The van der Waals surface area contributed by atoms with Crippen LogP contribution in [0.25, 0.3) is 11.0 Å². The van der Waals surface area contributed by atoms with Gasteiger partial charge in [-0.05, 0) is 24.3 Å². The molecule has 0 atom stereocenters. The summed E-state index contributed by atoms with van der Waals surface area (Å²) in [6.07, 6.45) is 0. The van der Waals surface area contributed by atoms with Gasteiger partial charge in [-0.1, -0.05) is 36.4 Å². The zero-order valence-corrected chi connectivity index (χ0v) is 15.5. The van der Waals surface area contributed by atoms with E-state index in [1.165, 1.54) is 0 Å². The molecule has 1 aliphatic rings. The molecule has 0 saturated carbocycles. The Bertz CT molecular complexity index is 1010. The third kappa shape index (κ3) is 4.07. The monoisotopic (exact) mass is 378 g/mol. The Balaban J connectivity index is 1.33. The van der Waals surface area contributed by atoms with Crippen molar-refractivity contribution in [2.45, 2.75) is 0 Å². The third-order valence-corrected chi connectivity index (χ3v) is 4.95. The minimum absolute atomic E-state index is 0.0968. The van der Waals surface area contributed by atoms with Crippen LogP contribution in [0.4, 0.5) is 0 Å². The molecule has 6 nitrogen and oxygen atoms in total. The average Bonchev–Trinajstić information content (AvgIpc) is 2.74. The standard InChI is InChI=1S/C22H22N2O4/c25-21(19-16-17-6-4-5-9-20(17)28-22(19)26)24-12-10-23(11-13-24)14-15-27-18-7-2-1-3-8-18/h1-9,16H,10-15H2. The normalized spacial score (nSPS) is 14.9. The van der Waals surface area contributed by atoms with Crippen molar-refractivity contribution in [1.82, 2.24) is 9.80 Å². The highest BCUT2D eigenvalue weighted by Crippen LogP contribution is 2.15. The summed E-state index contributed by atoms with van der Waals surface area (Å²) >= 11 is 0. The van der Waals surface area contributed by atoms with E-state index in [0.29, 0.717) is 25.3 Å². The SMILES string of the molecule is O=C(c1cc2ccccc2oc1=O)N1CCN(CCOc2ccccc2)CC1. The molecule has 0 unspecified atom stereocenters. The van der Waals surface area contributed by atoms with Gasteiger partial charge in [0.25, 0.3) is 5.91 Å². The number of para-hydroxylation sites is 2. The predicted octanol–water partition coefficient (Wildman–Crippen LogP) is 2.63. The number of fused-ring (bicyclic) bond motifs is 1. The third-order valence-electron chi connectivity index (χ3n) is 4.95. The zero-order valence-electron chi connectivity index (χ0n) is 15.5. The van der Waals surface area contributed by atoms with Crippen LogP contribution in [0.15, 0.2) is 69.9 Å². The Labute approximate surface area is 162 Å². The van der Waals surface area contributed by atoms with Crippen molar-refractivity contribution in [3.05, 3.63) is 76.6 Å². The topological polar surface area (TPSA) is 63.0 Å². The Morgan fingerprint density at radius 2 is 1.68 bits per heavy atom. The lowest BCUT2D eigenvalue weighted by atomic mass is 10.1. The molecule has 1 amide bonds. The molecule has 1 saturated heterocycles. The molecule has 0 bridgehead atoms. The summed E-state index contributed by atoms with van der Waals surface area (Å²) in [5.41, 5.74) is 0.00855. The summed E-state index contributed by atoms with van der Waals surface area (Å²) in [5, 5.41) is 0.752. The van der Waals surface area contributed by atoms with E-state index in [1.807, 2.05) is 42.5 Å². The molecule has 2 aromatic carbocycles. The second kappa shape index (κ2) is 8.27. The quantitative estimate of drug-likeness (QED) is 0.639. The molecule has 0 radical (unpaired) electrons. The van der Waals surface area contributed by atoms with Crippen LogP contribution in [-0.4, -0.2) is 55.0 Å². The summed E-state index contributed by atoms with van der Waals surface area (Å²) in [6.45, 7) is 4.07. The van der Waals surface area contributed by atoms with Gasteiger partial charge in [0.1, 0.15) is 23.5 Å². The highest BCUT2D eigenvalue weighted by molar-refractivity contribution is 5.96. The molecule has 3 aromatic rings. The van der Waals surface area contributed by atoms with Crippen LogP contribution in [0.5, 0.6) is 5.75 Å². The van der Waals surface area contributed by atoms with Gasteiger partial charge >= 0.3 is 5.63 Å². The molecule has 28 heavy (non-hydrogen) atoms. The molecule has 2 heterocycles. The molecular weight excluding hydrogens is 356 g/mol. The highest BCUT2D eigenvalue weighted by Gasteiger charge is 2.24. The Kier molecular flexibility index (Phi) is 5.39. The van der Waals surface area contributed by atoms with Gasteiger partial charge in [-0.15, -0.1) is 0 Å². The second-order valence-electron chi connectivity index (χ2n) is 6.78. The average molecular weight is 378 g/mol. The van der Waals surface area contributed by atoms with Gasteiger partial charge in [0.2, 0.25) is 0 Å². The van der Waals surface area contributed by atoms with Crippen molar-refractivity contribution < 1.29 is 13.9 Å². The van der Waals surface area contributed by atoms with Crippen molar-refractivity contribution >= 4 is 16.9 Å². The molecule has 6 heteroatoms. The Morgan fingerprint density at radius 3 is 2.46 bits per heavy atom. The van der Waals surface area contributed by atoms with Crippen molar-refractivity contribution in [3.8, 4) is 5.75 Å². The van der Waals surface area contributed by atoms with Gasteiger partial charge < -0.3 is 14.1 Å². The van der Waals surface area contributed by atoms with Crippen molar-refractivity contribution in [1.29, 1.82) is 0 Å². The Morgan fingerprint density at radius 1 is 0.964 bits per heavy atom. The van der Waals surface area contributed by atoms with Gasteiger partial charge in [-0.25, -0.2) is 4.79 Å². The van der Waals surface area contributed by atoms with Crippen LogP contribution in [0.1, 0.15) is 10.4 Å². The minimum atomic E-state index is -0.581. The Hall–Kier alpha value is -3.12. The summed E-state index contributed by atoms with van der Waals surface area (Å²) < 4.78 is 11.0. The highest BCUT2D eigenvalue weighted by atomic mass is 16.5. The number of amides is 1. The number of nitrogens with zero attached hydrogens (tertiary/aromatic N) is 2. The maximum Gasteiger partial charge on any atom is 0.349 e. The maximum absolute atomic E-state index is 12.8. The molecule has 1 aromatic heterocycles. The first-order valence-corrected chi connectivity index (χ1v) is 9.43. The van der Waals surface area contributed by atoms with Crippen LogP contribution in [0.2, 0.25) is 0 Å². The lowest BCUT2D eigenvalue weighted by molar-refractivity contribution is 0.0616. The lowest BCUT2D eigenvalue weighted by Crippen LogP contribution is -2.50. The van der Waals surface area contributed by atoms with Crippen molar-refractivity contribution in [2.75, 3.05) is 39.3 Å². The number of benzene rings is 2. The first-order chi connectivity index (χ1) is 13.7. The first kappa shape index (κ1) is 18.3. The maximum atomic E-state index is 12.8. The van der Waals surface area contributed by atoms with Gasteiger partial charge in [0.15, 0.2) is 0 Å². The number of carbonyl (C=O) groups is 1. The van der Waals surface area contributed by atoms with E-state index >= 15 is 0 Å². The van der Waals surface area contributed by atoms with Gasteiger partial charge in [-0.3, -0.25) is 9.69 Å². The fourth-order valence-corrected chi connectivity index (χ4v) is 3.37. The molecule has 1 fully saturated rings. The molecule has 0 N–H and O–H groups in total. The van der Waals surface area contributed by atoms with E-state index in [0.717, 1.165) is 30.8 Å². The minimum Gasteiger partial charge on any atom is -0.492 e. The molecule has 144 valence electrons. The number of hydrogen-bond donors (Lipinski definition) is 0. The summed E-state index contributed by atoms with van der Waals surface area (Å²) in [4.78, 5) is 29.0. The smallest absolute Gasteiger partial charge is 0.349 e. The fourth-order valence-electron chi connectivity index (χ4n) is 3.37. The van der Waals surface area contributed by atoms with Crippen LogP contribution in [0, 0.1) is 0 Å². The zero-order chi connectivity index (χ0) is 19.3. The molecule has 4 rings (SSSR count). The number of hydrogen-bond acceptors (Lipinski definition) is 5. The fraction of sp³-hybridized carbons (Fsp3) is 0.273. The van der Waals surface area contributed by atoms with Gasteiger partial charge in [0, 0.05) is 38.1 Å². The first-order valence-electron chi connectivity index (χ1n) is 9.43. The number of ether oxygens (including phenoxy) is 1. The van der Waals surface area contributed by atoms with Gasteiger partial charge in [0.05, 0.1) is 0 Å². The van der Waals surface area contributed by atoms with E-state index in [1.54, 1.807) is 23.1 Å². The summed E-state index contributed by atoms with van der Waals surface area (Å²) in [7, 11) is 0. The van der Waals surface area contributed by atoms with Gasteiger partial charge in [-0.2, -0.15) is 0 Å². The number of carbonyl (C=O) groups excluding carboxylic acids is 1. The number of piperazine rings is 1. The molecular formula is C22H22N2O4. The molecule has 1 aliphatic heterocycles. The second-order valence-corrected chi connectivity index (χ2v) is 6.78. The van der Waals surface area contributed by atoms with E-state index in [-0.39, 0.29) is 11.5 Å². The summed E-state index contributed by atoms with van der Waals surface area (Å²) in [6, 6.07) is 18.6. The van der Waals surface area contributed by atoms with Crippen LogP contribution >= 0.6 is 0 Å². The van der Waals surface area contributed by atoms with E-state index < -0.39 is 5.63 Å². The predicted molar refractivity (Wildman–Crippen MR) is 107 cm³/mol. The van der Waals surface area contributed by atoms with Crippen LogP contribution < -0.4 is 10.4 Å². The summed E-state index contributed by atoms with van der Waals surface area (Å²) in [5.74, 6) is 0.596. The van der Waals surface area contributed by atoms with Crippen molar-refractivity contribution in [2.24, 2.45) is 0 Å².